The van der Waals surface area contributed by atoms with Gasteiger partial charge in [-0.2, -0.15) is 13.5 Å². The highest BCUT2D eigenvalue weighted by Gasteiger charge is 2.36. The van der Waals surface area contributed by atoms with Crippen LogP contribution >= 0.6 is 0 Å². The van der Waals surface area contributed by atoms with Crippen LogP contribution in [-0.4, -0.2) is 48.9 Å². The number of para-hydroxylation sites is 1. The average molecular weight is 427 g/mol. The summed E-state index contributed by atoms with van der Waals surface area (Å²) in [6, 6.07) is 16.3. The Labute approximate surface area is 177 Å². The topological polar surface area (TPSA) is 87.5 Å². The van der Waals surface area contributed by atoms with E-state index in [1.54, 1.807) is 12.1 Å². The molecule has 2 atom stereocenters. The number of rotatable bonds is 3. The lowest BCUT2D eigenvalue weighted by molar-refractivity contribution is 0.483. The van der Waals surface area contributed by atoms with Crippen molar-refractivity contribution in [1.29, 1.82) is 0 Å². The van der Waals surface area contributed by atoms with E-state index in [-0.39, 0.29) is 4.90 Å². The van der Waals surface area contributed by atoms with Gasteiger partial charge in [-0.25, -0.2) is 4.68 Å². The van der Waals surface area contributed by atoms with Crippen molar-refractivity contribution in [2.75, 3.05) is 31.1 Å². The third-order valence-electron chi connectivity index (χ3n) is 5.66. The minimum atomic E-state index is -4.02. The lowest BCUT2D eigenvalue weighted by Gasteiger charge is -2.16. The molecule has 0 aliphatic carbocycles. The first-order valence-corrected chi connectivity index (χ1v) is 11.4. The summed E-state index contributed by atoms with van der Waals surface area (Å²) in [5, 5.41) is 7.96. The molecule has 0 bridgehead atoms. The molecule has 2 aromatic carbocycles. The summed E-state index contributed by atoms with van der Waals surface area (Å²) in [4.78, 5) is 2.41. The molecule has 0 spiro atoms. The number of anilines is 1. The first kappa shape index (κ1) is 20.6. The zero-order valence-electron chi connectivity index (χ0n) is 16.8. The van der Waals surface area contributed by atoms with E-state index in [1.165, 1.54) is 30.9 Å². The molecule has 0 saturated carbocycles. The number of nitrogens with one attached hydrogen (secondary N) is 1. The maximum Gasteiger partial charge on any atom is 0.294 e. The highest BCUT2D eigenvalue weighted by molar-refractivity contribution is 7.85. The Bertz CT molecular complexity index is 1070. The normalized spacial score (nSPS) is 20.5. The molecule has 2 aliphatic heterocycles. The van der Waals surface area contributed by atoms with Gasteiger partial charge in [0.1, 0.15) is 0 Å². The van der Waals surface area contributed by atoms with Gasteiger partial charge in [-0.15, -0.1) is 0 Å². The average Bonchev–Trinajstić information content (AvgIpc) is 3.45. The van der Waals surface area contributed by atoms with E-state index in [9.17, 15) is 8.42 Å². The highest BCUT2D eigenvalue weighted by Crippen LogP contribution is 2.30. The molecular weight excluding hydrogens is 400 g/mol. The number of aromatic nitrogens is 2. The Kier molecular flexibility index (Phi) is 5.90. The van der Waals surface area contributed by atoms with Crippen LogP contribution in [0, 0.1) is 18.8 Å². The van der Waals surface area contributed by atoms with Crippen LogP contribution in [0.3, 0.4) is 0 Å². The van der Waals surface area contributed by atoms with Crippen molar-refractivity contribution < 1.29 is 13.0 Å². The predicted molar refractivity (Wildman–Crippen MR) is 117 cm³/mol. The summed E-state index contributed by atoms with van der Waals surface area (Å²) >= 11 is 0. The summed E-state index contributed by atoms with van der Waals surface area (Å²) in [7, 11) is -4.02. The van der Waals surface area contributed by atoms with Crippen molar-refractivity contribution in [2.24, 2.45) is 11.8 Å². The smallest absolute Gasteiger partial charge is 0.294 e. The third kappa shape index (κ3) is 4.72. The zero-order valence-corrected chi connectivity index (χ0v) is 17.7. The second kappa shape index (κ2) is 8.59. The van der Waals surface area contributed by atoms with Crippen molar-refractivity contribution in [3.05, 3.63) is 72.6 Å². The summed E-state index contributed by atoms with van der Waals surface area (Å²) in [6.45, 7) is 6.52. The van der Waals surface area contributed by atoms with E-state index in [2.05, 4.69) is 33.6 Å². The minimum Gasteiger partial charge on any atom is -0.368 e. The van der Waals surface area contributed by atoms with Crippen molar-refractivity contribution in [3.8, 4) is 5.69 Å². The molecule has 2 fully saturated rings. The zero-order chi connectivity index (χ0) is 21.1. The van der Waals surface area contributed by atoms with E-state index in [0.29, 0.717) is 0 Å². The van der Waals surface area contributed by atoms with Crippen LogP contribution < -0.4 is 10.2 Å². The van der Waals surface area contributed by atoms with Crippen LogP contribution in [0.4, 0.5) is 5.69 Å². The van der Waals surface area contributed by atoms with Crippen molar-refractivity contribution >= 4 is 15.8 Å². The van der Waals surface area contributed by atoms with E-state index >= 15 is 0 Å². The van der Waals surface area contributed by atoms with Crippen LogP contribution in [0.2, 0.25) is 0 Å². The van der Waals surface area contributed by atoms with Gasteiger partial charge in [-0.1, -0.05) is 35.9 Å². The maximum absolute atomic E-state index is 10.5. The first-order chi connectivity index (χ1) is 14.4. The molecule has 2 saturated heterocycles. The summed E-state index contributed by atoms with van der Waals surface area (Å²) in [6.07, 6.45) is 4.13. The molecule has 2 unspecified atom stereocenters. The van der Waals surface area contributed by atoms with E-state index in [4.69, 9.17) is 4.55 Å². The molecule has 158 valence electrons. The van der Waals surface area contributed by atoms with Crippen molar-refractivity contribution in [1.82, 2.24) is 15.1 Å². The highest BCUT2D eigenvalue weighted by atomic mass is 32.2. The van der Waals surface area contributed by atoms with Crippen molar-refractivity contribution in [3.63, 3.8) is 0 Å². The second-order valence-electron chi connectivity index (χ2n) is 7.85. The molecule has 1 aromatic heterocycles. The summed E-state index contributed by atoms with van der Waals surface area (Å²) in [5.41, 5.74) is 3.32. The van der Waals surface area contributed by atoms with Gasteiger partial charge < -0.3 is 10.2 Å². The quantitative estimate of drug-likeness (QED) is 0.626. The molecular formula is C22H26N4O3S. The number of nitrogens with zero attached hydrogens (tertiary/aromatic N) is 3. The molecule has 3 heterocycles. The van der Waals surface area contributed by atoms with Gasteiger partial charge in [0.05, 0.1) is 28.7 Å². The first-order valence-electron chi connectivity index (χ1n) is 10.00. The van der Waals surface area contributed by atoms with Gasteiger partial charge in [0.15, 0.2) is 0 Å². The molecule has 30 heavy (non-hydrogen) atoms. The van der Waals surface area contributed by atoms with Crippen LogP contribution in [0.5, 0.6) is 0 Å². The largest absolute Gasteiger partial charge is 0.368 e. The van der Waals surface area contributed by atoms with Gasteiger partial charge in [-0.3, -0.25) is 4.55 Å². The van der Waals surface area contributed by atoms with Gasteiger partial charge in [0.2, 0.25) is 0 Å². The van der Waals surface area contributed by atoms with Gasteiger partial charge in [0.25, 0.3) is 10.1 Å². The predicted octanol–water partition coefficient (Wildman–Crippen LogP) is 2.77. The Morgan fingerprint density at radius 1 is 0.967 bits per heavy atom. The van der Waals surface area contributed by atoms with Gasteiger partial charge in [0, 0.05) is 26.2 Å². The number of hydrogen-bond donors (Lipinski definition) is 2. The summed E-state index contributed by atoms with van der Waals surface area (Å²) < 4.78 is 31.5. The summed E-state index contributed by atoms with van der Waals surface area (Å²) in [5.74, 6) is 1.64. The number of fused-ring (bicyclic) bond motifs is 1. The van der Waals surface area contributed by atoms with Crippen LogP contribution in [0.25, 0.3) is 5.69 Å². The maximum atomic E-state index is 10.5. The number of aryl methyl sites for hydroxylation is 1. The van der Waals surface area contributed by atoms with E-state index in [0.717, 1.165) is 36.2 Å². The third-order valence-corrected chi connectivity index (χ3v) is 6.53. The standard InChI is InChI=1S/C15H18N4.C7H8O3S/c1-2-4-14(5-3-1)19-11-15(8-17-19)18-9-12-6-16-7-13(12)10-18;1-6-2-4-7(5-3-6)11(8,9)10/h1-5,8,11-13,16H,6-7,9-10H2;2-5H,1H3,(H,8,9,10). The Hall–Kier alpha value is -2.68. The van der Waals surface area contributed by atoms with Crippen LogP contribution in [0.1, 0.15) is 5.56 Å². The molecule has 2 aliphatic rings. The van der Waals surface area contributed by atoms with E-state index in [1.807, 2.05) is 36.0 Å². The van der Waals surface area contributed by atoms with Gasteiger partial charge in [-0.05, 0) is 43.0 Å². The fraction of sp³-hybridized carbons (Fsp3) is 0.318. The molecule has 8 heteroatoms. The molecule has 5 rings (SSSR count). The number of hydrogen-bond acceptors (Lipinski definition) is 5. The van der Waals surface area contributed by atoms with Gasteiger partial charge >= 0.3 is 0 Å². The second-order valence-corrected chi connectivity index (χ2v) is 9.27. The fourth-order valence-corrected chi connectivity index (χ4v) is 4.46. The lowest BCUT2D eigenvalue weighted by atomic mass is 10.0. The monoisotopic (exact) mass is 426 g/mol. The van der Waals surface area contributed by atoms with Crippen molar-refractivity contribution in [2.45, 2.75) is 11.8 Å². The lowest BCUT2D eigenvalue weighted by Crippen LogP contribution is -2.25. The van der Waals surface area contributed by atoms with Crippen LogP contribution in [0.15, 0.2) is 71.9 Å². The SMILES string of the molecule is Cc1ccc(S(=O)(=O)O)cc1.c1ccc(-n2cc(N3CC4CNCC4C3)cn2)cc1. The Balaban J connectivity index is 0.000000170. The van der Waals surface area contributed by atoms with Crippen LogP contribution in [-0.2, 0) is 10.1 Å². The number of benzene rings is 2. The molecule has 0 radical (unpaired) electrons. The Morgan fingerprint density at radius 2 is 1.60 bits per heavy atom. The molecule has 7 nitrogen and oxygen atoms in total. The van der Waals surface area contributed by atoms with E-state index < -0.39 is 10.1 Å². The Morgan fingerprint density at radius 3 is 2.20 bits per heavy atom. The molecule has 0 amide bonds. The molecule has 3 aromatic rings. The fourth-order valence-electron chi connectivity index (χ4n) is 3.97. The minimum absolute atomic E-state index is 0.0666. The molecule has 2 N–H and O–H groups in total.